The van der Waals surface area contributed by atoms with Crippen LogP contribution in [0.4, 0.5) is 0 Å². The normalized spacial score (nSPS) is 17.1. The van der Waals surface area contributed by atoms with Gasteiger partial charge in [0.25, 0.3) is 0 Å². The topological polar surface area (TPSA) is 90.3 Å². The predicted molar refractivity (Wildman–Crippen MR) is 108 cm³/mol. The number of thiazole rings is 1. The van der Waals surface area contributed by atoms with Gasteiger partial charge in [0, 0.05) is 22.4 Å². The molecule has 3 N–H and O–H groups in total. The third-order valence-corrected chi connectivity index (χ3v) is 5.59. The Bertz CT molecular complexity index is 900. The molecular weight excluding hydrogens is 362 g/mol. The molecule has 1 saturated carbocycles. The molecule has 1 heterocycles. The Balaban J connectivity index is 2.03. The summed E-state index contributed by atoms with van der Waals surface area (Å²) >= 11 is 1.57. The van der Waals surface area contributed by atoms with Gasteiger partial charge in [0.1, 0.15) is 5.75 Å². The van der Waals surface area contributed by atoms with Gasteiger partial charge in [-0.2, -0.15) is 5.10 Å². The van der Waals surface area contributed by atoms with Crippen LogP contribution in [0.3, 0.4) is 0 Å². The summed E-state index contributed by atoms with van der Waals surface area (Å²) in [5, 5.41) is 35.8. The minimum atomic E-state index is -0.365. The molecule has 0 spiro atoms. The van der Waals surface area contributed by atoms with Crippen molar-refractivity contribution in [1.29, 1.82) is 0 Å². The Labute approximate surface area is 163 Å². The summed E-state index contributed by atoms with van der Waals surface area (Å²) in [6, 6.07) is 2.72. The summed E-state index contributed by atoms with van der Waals surface area (Å²) in [5.41, 5.74) is 1.24. The quantitative estimate of drug-likeness (QED) is 0.420. The molecule has 0 amide bonds. The first-order chi connectivity index (χ1) is 12.8. The SMILES string of the molecule is CC(C)(C)c1cs/c(=N\C2CCCCC2)n1/N=C/c1cc(O)c(O)cc1O. The van der Waals surface area contributed by atoms with Crippen LogP contribution in [0, 0.1) is 0 Å². The van der Waals surface area contributed by atoms with Gasteiger partial charge in [0.05, 0.1) is 18.0 Å². The number of phenols is 3. The maximum atomic E-state index is 10.0. The Morgan fingerprint density at radius 3 is 2.37 bits per heavy atom. The molecule has 7 heteroatoms. The molecular formula is C20H27N3O3S. The second-order valence-corrected chi connectivity index (χ2v) is 8.87. The van der Waals surface area contributed by atoms with Crippen molar-refractivity contribution in [1.82, 2.24) is 4.68 Å². The van der Waals surface area contributed by atoms with E-state index in [9.17, 15) is 15.3 Å². The Morgan fingerprint density at radius 1 is 1.04 bits per heavy atom. The van der Waals surface area contributed by atoms with Gasteiger partial charge in [-0.3, -0.25) is 4.99 Å². The number of rotatable bonds is 3. The maximum absolute atomic E-state index is 10.0. The molecule has 27 heavy (non-hydrogen) atoms. The highest BCUT2D eigenvalue weighted by atomic mass is 32.1. The average molecular weight is 390 g/mol. The van der Waals surface area contributed by atoms with Gasteiger partial charge in [0.15, 0.2) is 11.5 Å². The van der Waals surface area contributed by atoms with E-state index < -0.39 is 0 Å². The number of aromatic hydroxyl groups is 3. The number of hydrogen-bond donors (Lipinski definition) is 3. The van der Waals surface area contributed by atoms with E-state index in [2.05, 4.69) is 31.3 Å². The lowest BCUT2D eigenvalue weighted by Crippen LogP contribution is -2.24. The Kier molecular flexibility index (Phi) is 5.60. The molecule has 0 saturated heterocycles. The van der Waals surface area contributed by atoms with Crippen LogP contribution in [0.15, 0.2) is 27.6 Å². The van der Waals surface area contributed by atoms with E-state index in [1.807, 2.05) is 4.68 Å². The molecule has 0 atom stereocenters. The van der Waals surface area contributed by atoms with Crippen molar-refractivity contribution in [3.63, 3.8) is 0 Å². The number of phenolic OH excluding ortho intramolecular Hbond substituents is 3. The van der Waals surface area contributed by atoms with Crippen molar-refractivity contribution < 1.29 is 15.3 Å². The largest absolute Gasteiger partial charge is 0.507 e. The van der Waals surface area contributed by atoms with Crippen molar-refractivity contribution in [2.45, 2.75) is 64.3 Å². The summed E-state index contributed by atoms with van der Waals surface area (Å²) in [6.45, 7) is 6.36. The van der Waals surface area contributed by atoms with E-state index in [0.717, 1.165) is 29.4 Å². The highest BCUT2D eigenvalue weighted by Crippen LogP contribution is 2.31. The van der Waals surface area contributed by atoms with E-state index >= 15 is 0 Å². The zero-order valence-corrected chi connectivity index (χ0v) is 16.8. The average Bonchev–Trinajstić information content (AvgIpc) is 3.01. The molecule has 2 aromatic rings. The van der Waals surface area contributed by atoms with Crippen LogP contribution in [0.5, 0.6) is 17.2 Å². The molecule has 0 radical (unpaired) electrons. The second kappa shape index (κ2) is 7.76. The summed E-state index contributed by atoms with van der Waals surface area (Å²) in [7, 11) is 0. The van der Waals surface area contributed by atoms with Crippen molar-refractivity contribution in [3.05, 3.63) is 33.6 Å². The van der Waals surface area contributed by atoms with Crippen LogP contribution in [-0.2, 0) is 5.41 Å². The van der Waals surface area contributed by atoms with Crippen LogP contribution in [0.25, 0.3) is 0 Å². The molecule has 146 valence electrons. The van der Waals surface area contributed by atoms with Gasteiger partial charge in [-0.05, 0) is 18.9 Å². The summed E-state index contributed by atoms with van der Waals surface area (Å²) < 4.78 is 1.82. The maximum Gasteiger partial charge on any atom is 0.206 e. The summed E-state index contributed by atoms with van der Waals surface area (Å²) in [4.78, 5) is 5.77. The van der Waals surface area contributed by atoms with Gasteiger partial charge in [-0.1, -0.05) is 40.0 Å². The Morgan fingerprint density at radius 2 is 1.70 bits per heavy atom. The summed E-state index contributed by atoms with van der Waals surface area (Å²) in [5.74, 6) is -0.808. The highest BCUT2D eigenvalue weighted by molar-refractivity contribution is 7.07. The van der Waals surface area contributed by atoms with Crippen LogP contribution in [0.1, 0.15) is 64.1 Å². The third-order valence-electron chi connectivity index (χ3n) is 4.76. The lowest BCUT2D eigenvalue weighted by Gasteiger charge is -2.19. The molecule has 6 nitrogen and oxygen atoms in total. The molecule has 1 fully saturated rings. The van der Waals surface area contributed by atoms with Gasteiger partial charge in [-0.25, -0.2) is 4.68 Å². The minimum Gasteiger partial charge on any atom is -0.507 e. The molecule has 0 aliphatic heterocycles. The molecule has 0 unspecified atom stereocenters. The van der Waals surface area contributed by atoms with E-state index in [0.29, 0.717) is 11.6 Å². The standard InChI is InChI=1S/C20H27N3O3S/c1-20(2,3)18-12-27-19(22-14-7-5-4-6-8-14)23(18)21-11-13-9-16(25)17(26)10-15(13)24/h9-12,14,24-26H,4-8H2,1-3H3/b21-11+,22-19-. The van der Waals surface area contributed by atoms with E-state index in [1.165, 1.54) is 31.5 Å². The number of benzene rings is 1. The third kappa shape index (κ3) is 4.53. The van der Waals surface area contributed by atoms with E-state index in [1.54, 1.807) is 11.3 Å². The first-order valence-electron chi connectivity index (χ1n) is 9.30. The molecule has 0 bridgehead atoms. The van der Waals surface area contributed by atoms with E-state index in [-0.39, 0.29) is 22.7 Å². The van der Waals surface area contributed by atoms with Crippen molar-refractivity contribution >= 4 is 17.6 Å². The van der Waals surface area contributed by atoms with E-state index in [4.69, 9.17) is 4.99 Å². The Hall–Kier alpha value is -2.28. The fourth-order valence-electron chi connectivity index (χ4n) is 3.17. The van der Waals surface area contributed by atoms with Crippen molar-refractivity contribution in [3.8, 4) is 17.2 Å². The van der Waals surface area contributed by atoms with Gasteiger partial charge in [0.2, 0.25) is 4.80 Å². The van der Waals surface area contributed by atoms with Crippen LogP contribution >= 0.6 is 11.3 Å². The van der Waals surface area contributed by atoms with Crippen LogP contribution in [-0.4, -0.2) is 32.3 Å². The monoisotopic (exact) mass is 389 g/mol. The molecule has 1 aliphatic rings. The lowest BCUT2D eigenvalue weighted by atomic mass is 9.93. The minimum absolute atomic E-state index is 0.118. The second-order valence-electron chi connectivity index (χ2n) is 8.03. The summed E-state index contributed by atoms with van der Waals surface area (Å²) in [6.07, 6.45) is 7.42. The first-order valence-corrected chi connectivity index (χ1v) is 10.2. The number of nitrogens with zero attached hydrogens (tertiary/aromatic N) is 3. The zero-order valence-electron chi connectivity index (χ0n) is 16.0. The molecule has 1 aliphatic carbocycles. The van der Waals surface area contributed by atoms with Gasteiger partial charge in [-0.15, -0.1) is 11.3 Å². The highest BCUT2D eigenvalue weighted by Gasteiger charge is 2.21. The number of aromatic nitrogens is 1. The fraction of sp³-hybridized carbons (Fsp3) is 0.500. The van der Waals surface area contributed by atoms with Crippen molar-refractivity contribution in [2.75, 3.05) is 0 Å². The fourth-order valence-corrected chi connectivity index (χ4v) is 4.30. The smallest absolute Gasteiger partial charge is 0.206 e. The van der Waals surface area contributed by atoms with Gasteiger partial charge >= 0.3 is 0 Å². The van der Waals surface area contributed by atoms with Crippen molar-refractivity contribution in [2.24, 2.45) is 10.1 Å². The predicted octanol–water partition coefficient (Wildman–Crippen LogP) is 4.08. The molecule has 3 rings (SSSR count). The molecule has 1 aromatic heterocycles. The van der Waals surface area contributed by atoms with Crippen LogP contribution < -0.4 is 4.80 Å². The lowest BCUT2D eigenvalue weighted by molar-refractivity contribution is 0.396. The first kappa shape index (κ1) is 19.5. The van der Waals surface area contributed by atoms with Gasteiger partial charge < -0.3 is 15.3 Å². The zero-order chi connectivity index (χ0) is 19.6. The molecule has 1 aromatic carbocycles. The van der Waals surface area contributed by atoms with Crippen LogP contribution in [0.2, 0.25) is 0 Å². The number of hydrogen-bond acceptors (Lipinski definition) is 6.